The molecule has 0 heterocycles. The quantitative estimate of drug-likeness (QED) is 0.787. The van der Waals surface area contributed by atoms with Gasteiger partial charge in [-0.15, -0.1) is 0 Å². The van der Waals surface area contributed by atoms with Gasteiger partial charge in [-0.3, -0.25) is 0 Å². The summed E-state index contributed by atoms with van der Waals surface area (Å²) in [5.41, 5.74) is 1.96. The molecule has 1 atom stereocenters. The van der Waals surface area contributed by atoms with Crippen molar-refractivity contribution < 1.29 is 13.9 Å². The highest BCUT2D eigenvalue weighted by Gasteiger charge is 2.11. The summed E-state index contributed by atoms with van der Waals surface area (Å²) in [6, 6.07) is 12.6. The van der Waals surface area contributed by atoms with Crippen LogP contribution in [0.1, 0.15) is 31.4 Å². The van der Waals surface area contributed by atoms with Gasteiger partial charge in [-0.1, -0.05) is 31.2 Å². The van der Waals surface area contributed by atoms with Gasteiger partial charge in [0.15, 0.2) is 11.5 Å². The lowest BCUT2D eigenvalue weighted by Gasteiger charge is -2.17. The molecule has 0 aromatic heterocycles. The summed E-state index contributed by atoms with van der Waals surface area (Å²) in [6.07, 6.45) is 1.07. The molecule has 2 aromatic carbocycles. The van der Waals surface area contributed by atoms with Gasteiger partial charge in [0.2, 0.25) is 0 Å². The Kier molecular flexibility index (Phi) is 6.41. The topological polar surface area (TPSA) is 30.5 Å². The first-order valence-electron chi connectivity index (χ1n) is 7.90. The zero-order chi connectivity index (χ0) is 16.7. The van der Waals surface area contributed by atoms with E-state index in [0.717, 1.165) is 23.3 Å². The maximum absolute atomic E-state index is 13.0. The van der Waals surface area contributed by atoms with Gasteiger partial charge in [0.25, 0.3) is 0 Å². The molecule has 0 radical (unpaired) electrons. The zero-order valence-corrected chi connectivity index (χ0v) is 13.9. The number of hydrogen-bond donors (Lipinski definition) is 1. The second-order valence-corrected chi connectivity index (χ2v) is 5.55. The number of para-hydroxylation sites is 1. The van der Waals surface area contributed by atoms with Crippen LogP contribution in [0, 0.1) is 5.82 Å². The standard InChI is InChI=1S/C19H24FNO2/c1-4-14(2)21-12-16-6-5-7-18(22-3)19(16)23-13-15-8-10-17(20)11-9-15/h5-11,14,21H,4,12-13H2,1-3H3/t14-/m1/s1. The maximum Gasteiger partial charge on any atom is 0.166 e. The third kappa shape index (κ3) is 4.96. The first-order chi connectivity index (χ1) is 11.1. The van der Waals surface area contributed by atoms with Crippen LogP contribution in [0.15, 0.2) is 42.5 Å². The van der Waals surface area contributed by atoms with E-state index in [4.69, 9.17) is 9.47 Å². The molecule has 2 aromatic rings. The molecule has 0 aliphatic carbocycles. The minimum absolute atomic E-state index is 0.246. The van der Waals surface area contributed by atoms with Crippen molar-refractivity contribution in [2.24, 2.45) is 0 Å². The van der Waals surface area contributed by atoms with Gasteiger partial charge < -0.3 is 14.8 Å². The normalized spacial score (nSPS) is 12.0. The Morgan fingerprint density at radius 1 is 1.13 bits per heavy atom. The van der Waals surface area contributed by atoms with Crippen LogP contribution in [0.25, 0.3) is 0 Å². The highest BCUT2D eigenvalue weighted by Crippen LogP contribution is 2.32. The Bertz CT molecular complexity index is 613. The van der Waals surface area contributed by atoms with E-state index < -0.39 is 0 Å². The van der Waals surface area contributed by atoms with E-state index >= 15 is 0 Å². The van der Waals surface area contributed by atoms with E-state index in [9.17, 15) is 4.39 Å². The Morgan fingerprint density at radius 2 is 1.87 bits per heavy atom. The predicted molar refractivity (Wildman–Crippen MR) is 90.3 cm³/mol. The zero-order valence-electron chi connectivity index (χ0n) is 13.9. The molecule has 0 unspecified atom stereocenters. The molecule has 2 rings (SSSR count). The SMILES string of the molecule is CC[C@@H](C)NCc1cccc(OC)c1OCc1ccc(F)cc1. The summed E-state index contributed by atoms with van der Waals surface area (Å²) in [5, 5.41) is 3.46. The summed E-state index contributed by atoms with van der Waals surface area (Å²) in [6.45, 7) is 5.39. The second kappa shape index (κ2) is 8.53. The smallest absolute Gasteiger partial charge is 0.166 e. The average molecular weight is 317 g/mol. The number of methoxy groups -OCH3 is 1. The van der Waals surface area contributed by atoms with Crippen LogP contribution in [0.3, 0.4) is 0 Å². The molecule has 0 fully saturated rings. The molecular formula is C19H24FNO2. The number of ether oxygens (including phenoxy) is 2. The lowest BCUT2D eigenvalue weighted by atomic mass is 10.1. The number of hydrogen-bond acceptors (Lipinski definition) is 3. The van der Waals surface area contributed by atoms with Gasteiger partial charge in [-0.2, -0.15) is 0 Å². The minimum atomic E-state index is -0.246. The van der Waals surface area contributed by atoms with E-state index in [0.29, 0.717) is 24.9 Å². The van der Waals surface area contributed by atoms with Crippen LogP contribution in [0.5, 0.6) is 11.5 Å². The van der Waals surface area contributed by atoms with E-state index in [1.165, 1.54) is 12.1 Å². The van der Waals surface area contributed by atoms with Crippen molar-refractivity contribution in [3.05, 3.63) is 59.4 Å². The lowest BCUT2D eigenvalue weighted by Crippen LogP contribution is -2.24. The number of rotatable bonds is 8. The summed E-state index contributed by atoms with van der Waals surface area (Å²) in [5.74, 6) is 1.19. The van der Waals surface area contributed by atoms with Crippen LogP contribution >= 0.6 is 0 Å². The molecule has 3 nitrogen and oxygen atoms in total. The molecule has 0 saturated heterocycles. The minimum Gasteiger partial charge on any atom is -0.493 e. The van der Waals surface area contributed by atoms with Crippen molar-refractivity contribution in [3.8, 4) is 11.5 Å². The highest BCUT2D eigenvalue weighted by atomic mass is 19.1. The Balaban J connectivity index is 2.12. The molecule has 0 aliphatic heterocycles. The fourth-order valence-corrected chi connectivity index (χ4v) is 2.19. The van der Waals surface area contributed by atoms with Crippen LogP contribution in [-0.2, 0) is 13.2 Å². The van der Waals surface area contributed by atoms with E-state index in [-0.39, 0.29) is 5.82 Å². The van der Waals surface area contributed by atoms with Crippen LogP contribution < -0.4 is 14.8 Å². The molecule has 0 amide bonds. The van der Waals surface area contributed by atoms with Gasteiger partial charge in [0.05, 0.1) is 7.11 Å². The Morgan fingerprint density at radius 3 is 2.52 bits per heavy atom. The van der Waals surface area contributed by atoms with Crippen molar-refractivity contribution in [3.63, 3.8) is 0 Å². The third-order valence-electron chi connectivity index (χ3n) is 3.83. The summed E-state index contributed by atoms with van der Waals surface area (Å²) < 4.78 is 24.4. The maximum atomic E-state index is 13.0. The van der Waals surface area contributed by atoms with Crippen LogP contribution in [0.4, 0.5) is 4.39 Å². The molecule has 1 N–H and O–H groups in total. The van der Waals surface area contributed by atoms with Crippen molar-refractivity contribution in [1.82, 2.24) is 5.32 Å². The summed E-state index contributed by atoms with van der Waals surface area (Å²) >= 11 is 0. The van der Waals surface area contributed by atoms with E-state index in [1.54, 1.807) is 19.2 Å². The van der Waals surface area contributed by atoms with Crippen LogP contribution in [0.2, 0.25) is 0 Å². The van der Waals surface area contributed by atoms with Gasteiger partial charge in [0, 0.05) is 18.2 Å². The molecule has 0 aliphatic rings. The monoisotopic (exact) mass is 317 g/mol. The molecule has 0 saturated carbocycles. The summed E-state index contributed by atoms with van der Waals surface area (Å²) in [4.78, 5) is 0. The van der Waals surface area contributed by atoms with Crippen molar-refractivity contribution in [2.45, 2.75) is 39.5 Å². The largest absolute Gasteiger partial charge is 0.493 e. The average Bonchev–Trinajstić information content (AvgIpc) is 2.59. The van der Waals surface area contributed by atoms with Crippen LogP contribution in [-0.4, -0.2) is 13.2 Å². The molecule has 4 heteroatoms. The summed E-state index contributed by atoms with van der Waals surface area (Å²) in [7, 11) is 1.63. The van der Waals surface area contributed by atoms with Crippen molar-refractivity contribution in [2.75, 3.05) is 7.11 Å². The predicted octanol–water partition coefficient (Wildman–Crippen LogP) is 4.30. The Hall–Kier alpha value is -2.07. The van der Waals surface area contributed by atoms with Crippen molar-refractivity contribution >= 4 is 0 Å². The lowest BCUT2D eigenvalue weighted by molar-refractivity contribution is 0.280. The van der Waals surface area contributed by atoms with Gasteiger partial charge in [-0.25, -0.2) is 4.39 Å². The highest BCUT2D eigenvalue weighted by molar-refractivity contribution is 5.46. The number of nitrogens with one attached hydrogen (secondary N) is 1. The van der Waals surface area contributed by atoms with Gasteiger partial charge in [-0.05, 0) is 37.1 Å². The molecule has 23 heavy (non-hydrogen) atoms. The third-order valence-corrected chi connectivity index (χ3v) is 3.83. The molecule has 124 valence electrons. The first kappa shape index (κ1) is 17.3. The molecular weight excluding hydrogens is 293 g/mol. The fourth-order valence-electron chi connectivity index (χ4n) is 2.19. The first-order valence-corrected chi connectivity index (χ1v) is 7.90. The molecule has 0 spiro atoms. The van der Waals surface area contributed by atoms with Gasteiger partial charge >= 0.3 is 0 Å². The second-order valence-electron chi connectivity index (χ2n) is 5.55. The fraction of sp³-hybridized carbons (Fsp3) is 0.368. The number of halogens is 1. The van der Waals surface area contributed by atoms with E-state index in [1.807, 2.05) is 18.2 Å². The van der Waals surface area contributed by atoms with Gasteiger partial charge in [0.1, 0.15) is 12.4 Å². The number of benzene rings is 2. The molecule has 0 bridgehead atoms. The van der Waals surface area contributed by atoms with E-state index in [2.05, 4.69) is 19.2 Å². The van der Waals surface area contributed by atoms with Crippen molar-refractivity contribution in [1.29, 1.82) is 0 Å². The Labute approximate surface area is 137 Å².